The summed E-state index contributed by atoms with van der Waals surface area (Å²) in [5.41, 5.74) is 2.52. The number of imide groups is 1. The number of carbonyl (C=O) groups excluding carboxylic acids is 3. The Morgan fingerprint density at radius 3 is 2.63 bits per heavy atom. The van der Waals surface area contributed by atoms with Crippen molar-refractivity contribution in [3.8, 4) is 5.75 Å². The number of methoxy groups -OCH3 is 1. The van der Waals surface area contributed by atoms with Gasteiger partial charge < -0.3 is 15.0 Å². The van der Waals surface area contributed by atoms with E-state index < -0.39 is 11.8 Å². The number of hydrogen-bond acceptors (Lipinski definition) is 5. The molecule has 1 atom stereocenters. The quantitative estimate of drug-likeness (QED) is 0.754. The molecule has 0 bridgehead atoms. The summed E-state index contributed by atoms with van der Waals surface area (Å²) < 4.78 is 5.46. The van der Waals surface area contributed by atoms with Crippen LogP contribution in [0.25, 0.3) is 0 Å². The summed E-state index contributed by atoms with van der Waals surface area (Å²) in [6.45, 7) is 3.32. The summed E-state index contributed by atoms with van der Waals surface area (Å²) >= 11 is 0. The second kappa shape index (κ2) is 8.85. The van der Waals surface area contributed by atoms with Crippen molar-refractivity contribution in [2.45, 2.75) is 13.0 Å². The van der Waals surface area contributed by atoms with Gasteiger partial charge in [0.05, 0.1) is 24.3 Å². The lowest BCUT2D eigenvalue weighted by Crippen LogP contribution is -2.52. The van der Waals surface area contributed by atoms with E-state index >= 15 is 0 Å². The summed E-state index contributed by atoms with van der Waals surface area (Å²) in [4.78, 5) is 41.4. The molecule has 2 aromatic rings. The first-order valence-electron chi connectivity index (χ1n) is 9.61. The van der Waals surface area contributed by atoms with Gasteiger partial charge in [0.1, 0.15) is 12.3 Å². The lowest BCUT2D eigenvalue weighted by molar-refractivity contribution is -0.134. The number of fused-ring (bicyclic) bond motifs is 1. The van der Waals surface area contributed by atoms with E-state index in [9.17, 15) is 14.4 Å². The normalized spacial score (nSPS) is 18.1. The van der Waals surface area contributed by atoms with Gasteiger partial charge in [-0.15, -0.1) is 12.4 Å². The molecule has 0 spiro atoms. The molecule has 8 heteroatoms. The number of nitrogens with one attached hydrogen (secondary N) is 1. The van der Waals surface area contributed by atoms with Gasteiger partial charge in [-0.1, -0.05) is 29.8 Å². The molecule has 2 aromatic carbocycles. The van der Waals surface area contributed by atoms with Crippen LogP contribution in [0.5, 0.6) is 5.75 Å². The van der Waals surface area contributed by atoms with Gasteiger partial charge in [-0.05, 0) is 25.1 Å². The minimum absolute atomic E-state index is 0. The zero-order valence-corrected chi connectivity index (χ0v) is 17.7. The van der Waals surface area contributed by atoms with Crippen LogP contribution < -0.4 is 10.1 Å². The third-order valence-electron chi connectivity index (χ3n) is 5.48. The van der Waals surface area contributed by atoms with Gasteiger partial charge in [-0.25, -0.2) is 0 Å². The van der Waals surface area contributed by atoms with Crippen LogP contribution in [0, 0.1) is 6.92 Å². The topological polar surface area (TPSA) is 79.0 Å². The Hall–Kier alpha value is -2.90. The smallest absolute Gasteiger partial charge is 0.262 e. The first kappa shape index (κ1) is 21.8. The first-order valence-corrected chi connectivity index (χ1v) is 9.61. The Morgan fingerprint density at radius 1 is 1.13 bits per heavy atom. The van der Waals surface area contributed by atoms with Crippen molar-refractivity contribution >= 4 is 30.1 Å². The molecule has 1 N–H and O–H groups in total. The van der Waals surface area contributed by atoms with Gasteiger partial charge in [0.15, 0.2) is 0 Å². The molecule has 30 heavy (non-hydrogen) atoms. The minimum Gasteiger partial charge on any atom is -0.496 e. The number of amides is 3. The summed E-state index contributed by atoms with van der Waals surface area (Å²) in [5, 5.41) is 3.30. The molecule has 0 aromatic heterocycles. The van der Waals surface area contributed by atoms with Gasteiger partial charge in [0.2, 0.25) is 5.91 Å². The zero-order chi connectivity index (χ0) is 20.5. The fourth-order valence-electron chi connectivity index (χ4n) is 4.00. The van der Waals surface area contributed by atoms with Gasteiger partial charge in [-0.3, -0.25) is 19.3 Å². The van der Waals surface area contributed by atoms with E-state index in [1.807, 2.05) is 31.2 Å². The molecule has 4 rings (SSSR count). The van der Waals surface area contributed by atoms with Crippen LogP contribution >= 0.6 is 12.4 Å². The second-order valence-electron chi connectivity index (χ2n) is 7.29. The Morgan fingerprint density at radius 2 is 1.87 bits per heavy atom. The maximum Gasteiger partial charge on any atom is 0.262 e. The number of rotatable bonds is 4. The Balaban J connectivity index is 0.00000256. The lowest BCUT2D eigenvalue weighted by Gasteiger charge is -2.37. The fraction of sp³-hybridized carbons (Fsp3) is 0.318. The Labute approximate surface area is 181 Å². The molecular weight excluding hydrogens is 406 g/mol. The number of halogens is 1. The van der Waals surface area contributed by atoms with Crippen LogP contribution in [0.1, 0.15) is 37.9 Å². The molecule has 2 heterocycles. The van der Waals surface area contributed by atoms with Crippen LogP contribution in [-0.4, -0.2) is 60.8 Å². The van der Waals surface area contributed by atoms with Crippen molar-refractivity contribution in [3.05, 3.63) is 64.7 Å². The number of piperazine rings is 1. The monoisotopic (exact) mass is 429 g/mol. The molecule has 1 fully saturated rings. The highest BCUT2D eigenvalue weighted by Crippen LogP contribution is 2.31. The van der Waals surface area contributed by atoms with Gasteiger partial charge >= 0.3 is 0 Å². The Kier molecular flexibility index (Phi) is 6.43. The van der Waals surface area contributed by atoms with Crippen LogP contribution in [0.3, 0.4) is 0 Å². The number of nitrogens with zero attached hydrogens (tertiary/aromatic N) is 2. The van der Waals surface area contributed by atoms with Crippen molar-refractivity contribution in [1.29, 1.82) is 0 Å². The zero-order valence-electron chi connectivity index (χ0n) is 16.9. The molecule has 2 aliphatic rings. The second-order valence-corrected chi connectivity index (χ2v) is 7.29. The van der Waals surface area contributed by atoms with Crippen LogP contribution in [0.15, 0.2) is 42.5 Å². The maximum atomic E-state index is 13.2. The Bertz CT molecular complexity index is 994. The molecule has 0 aliphatic carbocycles. The SMILES string of the molecule is COc1ccccc1C1CNCCN1C(=O)CN1C(=O)c2ccc(C)cc2C1=O.Cl. The average molecular weight is 430 g/mol. The van der Waals surface area contributed by atoms with Crippen molar-refractivity contribution in [3.63, 3.8) is 0 Å². The summed E-state index contributed by atoms with van der Waals surface area (Å²) in [7, 11) is 1.60. The van der Waals surface area contributed by atoms with Crippen molar-refractivity contribution in [2.75, 3.05) is 33.3 Å². The maximum absolute atomic E-state index is 13.2. The number of aryl methyl sites for hydroxylation is 1. The molecular formula is C22H24ClN3O4. The predicted molar refractivity (Wildman–Crippen MR) is 114 cm³/mol. The highest BCUT2D eigenvalue weighted by atomic mass is 35.5. The number of para-hydroxylation sites is 1. The molecule has 3 amide bonds. The fourth-order valence-corrected chi connectivity index (χ4v) is 4.00. The van der Waals surface area contributed by atoms with Crippen LogP contribution in [0.4, 0.5) is 0 Å². The predicted octanol–water partition coefficient (Wildman–Crippen LogP) is 2.19. The van der Waals surface area contributed by atoms with E-state index in [1.165, 1.54) is 0 Å². The number of carbonyl (C=O) groups is 3. The van der Waals surface area contributed by atoms with Crippen molar-refractivity contribution in [2.24, 2.45) is 0 Å². The van der Waals surface area contributed by atoms with E-state index in [2.05, 4.69) is 5.32 Å². The van der Waals surface area contributed by atoms with Gasteiger partial charge in [-0.2, -0.15) is 0 Å². The third-order valence-corrected chi connectivity index (χ3v) is 5.48. The van der Waals surface area contributed by atoms with Gasteiger partial charge in [0.25, 0.3) is 11.8 Å². The molecule has 2 aliphatic heterocycles. The molecule has 0 saturated carbocycles. The average Bonchev–Trinajstić information content (AvgIpc) is 2.97. The minimum atomic E-state index is -0.415. The molecule has 1 unspecified atom stereocenters. The first-order chi connectivity index (χ1) is 14.0. The van der Waals surface area contributed by atoms with E-state index in [4.69, 9.17) is 4.74 Å². The summed E-state index contributed by atoms with van der Waals surface area (Å²) in [5.74, 6) is -0.378. The van der Waals surface area contributed by atoms with Crippen molar-refractivity contribution < 1.29 is 19.1 Å². The molecule has 7 nitrogen and oxygen atoms in total. The van der Waals surface area contributed by atoms with E-state index in [0.717, 1.165) is 16.0 Å². The lowest BCUT2D eigenvalue weighted by atomic mass is 10.0. The highest BCUT2D eigenvalue weighted by Gasteiger charge is 2.39. The van der Waals surface area contributed by atoms with E-state index in [0.29, 0.717) is 36.5 Å². The number of benzene rings is 2. The highest BCUT2D eigenvalue weighted by molar-refractivity contribution is 6.22. The van der Waals surface area contributed by atoms with Gasteiger partial charge in [0, 0.05) is 25.2 Å². The third kappa shape index (κ3) is 3.78. The molecule has 0 radical (unpaired) electrons. The van der Waals surface area contributed by atoms with E-state index in [1.54, 1.807) is 30.2 Å². The number of hydrogen-bond donors (Lipinski definition) is 1. The van der Waals surface area contributed by atoms with Crippen molar-refractivity contribution in [1.82, 2.24) is 15.1 Å². The standard InChI is InChI=1S/C22H23N3O4.ClH/c1-14-7-8-15-17(11-14)22(28)25(21(15)27)13-20(26)24-10-9-23-12-18(24)16-5-3-4-6-19(16)29-2;/h3-8,11,18,23H,9-10,12-13H2,1-2H3;1H. The molecule has 158 valence electrons. The largest absolute Gasteiger partial charge is 0.496 e. The molecule has 1 saturated heterocycles. The number of ether oxygens (including phenoxy) is 1. The van der Waals surface area contributed by atoms with E-state index in [-0.39, 0.29) is 30.9 Å². The van der Waals surface area contributed by atoms with Crippen LogP contribution in [-0.2, 0) is 4.79 Å². The summed E-state index contributed by atoms with van der Waals surface area (Å²) in [6, 6.07) is 12.5. The summed E-state index contributed by atoms with van der Waals surface area (Å²) in [6.07, 6.45) is 0. The van der Waals surface area contributed by atoms with Crippen LogP contribution in [0.2, 0.25) is 0 Å².